The zero-order chi connectivity index (χ0) is 20.8. The minimum absolute atomic E-state index is 0.0206. The maximum atomic E-state index is 12.4. The Morgan fingerprint density at radius 1 is 1.29 bits per heavy atom. The number of phenolic OH excluding ortho intramolecular Hbond substituents is 1. The number of rotatable bonds is 11. The van der Waals surface area contributed by atoms with Gasteiger partial charge in [0.25, 0.3) is 5.91 Å². The van der Waals surface area contributed by atoms with E-state index in [0.717, 1.165) is 0 Å². The van der Waals surface area contributed by atoms with Crippen molar-refractivity contribution in [2.75, 3.05) is 13.2 Å². The van der Waals surface area contributed by atoms with Crippen molar-refractivity contribution in [1.29, 1.82) is 0 Å². The Balaban J connectivity index is 2.76. The van der Waals surface area contributed by atoms with E-state index in [9.17, 15) is 14.8 Å². The molecule has 28 heavy (non-hydrogen) atoms. The zero-order valence-corrected chi connectivity index (χ0v) is 16.0. The summed E-state index contributed by atoms with van der Waals surface area (Å²) in [5.41, 5.74) is 6.89. The van der Waals surface area contributed by atoms with Crippen molar-refractivity contribution in [3.63, 3.8) is 0 Å². The van der Waals surface area contributed by atoms with Crippen molar-refractivity contribution in [2.24, 2.45) is 16.1 Å². The minimum atomic E-state index is -0.471. The summed E-state index contributed by atoms with van der Waals surface area (Å²) in [6.45, 7) is 3.72. The van der Waals surface area contributed by atoms with Crippen molar-refractivity contribution < 1.29 is 14.7 Å². The van der Waals surface area contributed by atoms with E-state index in [1.54, 1.807) is 36.4 Å². The number of nitroso groups, excluding NO2 is 1. The lowest BCUT2D eigenvalue weighted by atomic mass is 10.1. The van der Waals surface area contributed by atoms with Crippen LogP contribution in [0, 0.1) is 4.91 Å². The molecule has 8 heteroatoms. The van der Waals surface area contributed by atoms with Gasteiger partial charge in [-0.25, -0.2) is 0 Å². The number of nitrogens with zero attached hydrogens (tertiary/aromatic N) is 2. The van der Waals surface area contributed by atoms with Crippen LogP contribution >= 0.6 is 0 Å². The van der Waals surface area contributed by atoms with Crippen LogP contribution < -0.4 is 11.1 Å². The number of benzene rings is 1. The molecule has 0 aliphatic carbocycles. The van der Waals surface area contributed by atoms with Crippen molar-refractivity contribution in [3.8, 4) is 5.75 Å². The number of aromatic hydroxyl groups is 1. The molecule has 0 bridgehead atoms. The van der Waals surface area contributed by atoms with E-state index in [4.69, 9.17) is 10.6 Å². The molecule has 0 radical (unpaired) electrons. The number of hydrogen-bond donors (Lipinski definition) is 3. The summed E-state index contributed by atoms with van der Waals surface area (Å²) in [5.74, 6) is -0.0585. The highest BCUT2D eigenvalue weighted by atomic mass is 16.6. The van der Waals surface area contributed by atoms with E-state index in [-0.39, 0.29) is 30.6 Å². The number of allylic oxidation sites excluding steroid dienone is 4. The lowest BCUT2D eigenvalue weighted by Crippen LogP contribution is -2.39. The van der Waals surface area contributed by atoms with Crippen LogP contribution in [0.5, 0.6) is 5.75 Å². The summed E-state index contributed by atoms with van der Waals surface area (Å²) in [6, 6.07) is 5.69. The van der Waals surface area contributed by atoms with Gasteiger partial charge in [-0.3, -0.25) is 4.79 Å². The molecule has 0 fully saturated rings. The van der Waals surface area contributed by atoms with Gasteiger partial charge in [0.15, 0.2) is 5.84 Å². The van der Waals surface area contributed by atoms with Gasteiger partial charge in [0.05, 0.1) is 12.6 Å². The fourth-order valence-electron chi connectivity index (χ4n) is 2.14. The van der Waals surface area contributed by atoms with Crippen molar-refractivity contribution in [3.05, 3.63) is 70.7 Å². The van der Waals surface area contributed by atoms with E-state index in [2.05, 4.69) is 15.6 Å². The molecule has 4 N–H and O–H groups in total. The summed E-state index contributed by atoms with van der Waals surface area (Å²) in [4.78, 5) is 28.2. The van der Waals surface area contributed by atoms with E-state index in [1.165, 1.54) is 12.1 Å². The SMILES string of the molecule is C\C=C/C(=C\C=C\C)C(=O)NC(CCN=O)CO/N=C(\N)c1ccc(O)cc1. The lowest BCUT2D eigenvalue weighted by molar-refractivity contribution is -0.118. The van der Waals surface area contributed by atoms with Gasteiger partial charge >= 0.3 is 0 Å². The second kappa shape index (κ2) is 12.9. The molecule has 1 rings (SSSR count). The number of carbonyl (C=O) groups is 1. The van der Waals surface area contributed by atoms with Gasteiger partial charge in [-0.1, -0.05) is 34.6 Å². The second-order valence-corrected chi connectivity index (χ2v) is 5.78. The fraction of sp³-hybridized carbons (Fsp3) is 0.300. The molecular formula is C20H26N4O4. The van der Waals surface area contributed by atoms with Gasteiger partial charge in [-0.15, -0.1) is 0 Å². The van der Waals surface area contributed by atoms with E-state index in [0.29, 0.717) is 17.6 Å². The third-order valence-electron chi connectivity index (χ3n) is 3.58. The fourth-order valence-corrected chi connectivity index (χ4v) is 2.14. The van der Waals surface area contributed by atoms with Gasteiger partial charge < -0.3 is 21.0 Å². The van der Waals surface area contributed by atoms with Gasteiger partial charge in [0.1, 0.15) is 12.4 Å². The van der Waals surface area contributed by atoms with Crippen LogP contribution in [-0.4, -0.2) is 36.0 Å². The average Bonchev–Trinajstić information content (AvgIpc) is 2.69. The molecule has 1 aromatic rings. The third kappa shape index (κ3) is 8.31. The smallest absolute Gasteiger partial charge is 0.251 e. The quantitative estimate of drug-likeness (QED) is 0.135. The summed E-state index contributed by atoms with van der Waals surface area (Å²) in [5, 5.41) is 18.8. The van der Waals surface area contributed by atoms with Crippen LogP contribution in [-0.2, 0) is 9.63 Å². The highest BCUT2D eigenvalue weighted by Gasteiger charge is 2.15. The minimum Gasteiger partial charge on any atom is -0.508 e. The Hall–Kier alpha value is -3.42. The third-order valence-corrected chi connectivity index (χ3v) is 3.58. The first-order chi connectivity index (χ1) is 13.5. The number of hydrogen-bond acceptors (Lipinski definition) is 6. The van der Waals surface area contributed by atoms with Crippen LogP contribution in [0.4, 0.5) is 0 Å². The Labute approximate surface area is 164 Å². The predicted octanol–water partition coefficient (Wildman–Crippen LogP) is 2.75. The Kier molecular flexibility index (Phi) is 10.4. The number of amides is 1. The number of carbonyl (C=O) groups excluding carboxylic acids is 1. The molecule has 0 aliphatic rings. The summed E-state index contributed by atoms with van der Waals surface area (Å²) < 4.78 is 0. The van der Waals surface area contributed by atoms with E-state index in [1.807, 2.05) is 19.9 Å². The molecule has 0 heterocycles. The van der Waals surface area contributed by atoms with Crippen LogP contribution in [0.15, 0.2) is 70.6 Å². The number of amidine groups is 1. The van der Waals surface area contributed by atoms with Crippen LogP contribution in [0.2, 0.25) is 0 Å². The number of phenols is 1. The molecule has 0 spiro atoms. The standard InChI is InChI=1S/C20H26N4O4/c1-3-5-7-16(6-4-2)20(26)23-17(12-13-22-27)14-28-24-19(21)15-8-10-18(25)11-9-15/h3-11,17,25H,12-14H2,1-2H3,(H2,21,24)(H,23,26)/b5-3+,6-4-,16-7+. The van der Waals surface area contributed by atoms with Gasteiger partial charge in [-0.05, 0) is 50.6 Å². The normalized spacial score (nSPS) is 13.6. The molecule has 0 aromatic heterocycles. The maximum Gasteiger partial charge on any atom is 0.251 e. The number of oxime groups is 1. The first-order valence-corrected chi connectivity index (χ1v) is 8.82. The van der Waals surface area contributed by atoms with Gasteiger partial charge in [0.2, 0.25) is 0 Å². The van der Waals surface area contributed by atoms with E-state index < -0.39 is 6.04 Å². The lowest BCUT2D eigenvalue weighted by Gasteiger charge is -2.16. The highest BCUT2D eigenvalue weighted by molar-refractivity contribution is 5.97. The summed E-state index contributed by atoms with van der Waals surface area (Å²) in [7, 11) is 0. The molecule has 150 valence electrons. The largest absolute Gasteiger partial charge is 0.508 e. The molecule has 1 aromatic carbocycles. The predicted molar refractivity (Wildman–Crippen MR) is 110 cm³/mol. The van der Waals surface area contributed by atoms with Crippen molar-refractivity contribution in [2.45, 2.75) is 26.3 Å². The average molecular weight is 386 g/mol. The van der Waals surface area contributed by atoms with Gasteiger partial charge in [0, 0.05) is 11.1 Å². The molecule has 1 unspecified atom stereocenters. The monoisotopic (exact) mass is 386 g/mol. The maximum absolute atomic E-state index is 12.4. The first kappa shape index (κ1) is 22.6. The van der Waals surface area contributed by atoms with Crippen molar-refractivity contribution >= 4 is 11.7 Å². The van der Waals surface area contributed by atoms with Crippen molar-refractivity contribution in [1.82, 2.24) is 5.32 Å². The van der Waals surface area contributed by atoms with E-state index >= 15 is 0 Å². The molecule has 0 saturated carbocycles. The Bertz CT molecular complexity index is 752. The number of nitrogens with one attached hydrogen (secondary N) is 1. The molecule has 1 amide bonds. The summed E-state index contributed by atoms with van der Waals surface area (Å²) >= 11 is 0. The second-order valence-electron chi connectivity index (χ2n) is 5.78. The molecule has 0 aliphatic heterocycles. The first-order valence-electron chi connectivity index (χ1n) is 8.82. The zero-order valence-electron chi connectivity index (χ0n) is 16.0. The van der Waals surface area contributed by atoms with Crippen LogP contribution in [0.1, 0.15) is 25.8 Å². The Morgan fingerprint density at radius 3 is 2.61 bits per heavy atom. The molecule has 1 atom stereocenters. The molecule has 0 saturated heterocycles. The Morgan fingerprint density at radius 2 is 2.00 bits per heavy atom. The van der Waals surface area contributed by atoms with Gasteiger partial charge in [-0.2, -0.15) is 4.91 Å². The summed E-state index contributed by atoms with van der Waals surface area (Å²) in [6.07, 6.45) is 9.01. The molecular weight excluding hydrogens is 360 g/mol. The number of nitrogens with two attached hydrogens (primary N) is 1. The topological polar surface area (TPSA) is 126 Å². The molecule has 8 nitrogen and oxygen atoms in total. The highest BCUT2D eigenvalue weighted by Crippen LogP contribution is 2.09. The van der Waals surface area contributed by atoms with Crippen LogP contribution in [0.3, 0.4) is 0 Å². The van der Waals surface area contributed by atoms with Crippen LogP contribution in [0.25, 0.3) is 0 Å².